The van der Waals surface area contributed by atoms with Crippen molar-refractivity contribution < 1.29 is 28.6 Å². The fraction of sp³-hybridized carbons (Fsp3) is 0.650. The Bertz CT molecular complexity index is 1370. The summed E-state index contributed by atoms with van der Waals surface area (Å²) in [4.78, 5) is 38.1. The topological polar surface area (TPSA) is 78.9 Å². The molecule has 0 saturated heterocycles. The van der Waals surface area contributed by atoms with Gasteiger partial charge in [-0.2, -0.15) is 0 Å². The van der Waals surface area contributed by atoms with Crippen molar-refractivity contribution in [2.45, 2.75) is 239 Å². The van der Waals surface area contributed by atoms with Crippen molar-refractivity contribution in [2.75, 3.05) is 13.2 Å². The van der Waals surface area contributed by atoms with Gasteiger partial charge in [-0.05, 0) is 77.0 Å². The maximum Gasteiger partial charge on any atom is 0.306 e. The number of hydrogen-bond acceptors (Lipinski definition) is 6. The Hall–Kier alpha value is -3.93. The summed E-state index contributed by atoms with van der Waals surface area (Å²) in [6, 6.07) is 0. The fourth-order valence-electron chi connectivity index (χ4n) is 7.11. The van der Waals surface area contributed by atoms with Crippen molar-refractivity contribution in [3.63, 3.8) is 0 Å². The number of esters is 3. The molecule has 0 saturated carbocycles. The Morgan fingerprint density at radius 2 is 0.682 bits per heavy atom. The van der Waals surface area contributed by atoms with E-state index in [9.17, 15) is 14.4 Å². The molecule has 0 aliphatic rings. The average Bonchev–Trinajstić information content (AvgIpc) is 3.31. The van der Waals surface area contributed by atoms with E-state index < -0.39 is 6.10 Å². The molecule has 0 amide bonds. The molecule has 0 spiro atoms. The summed E-state index contributed by atoms with van der Waals surface area (Å²) in [5.41, 5.74) is 0. The molecule has 0 aliphatic heterocycles. The van der Waals surface area contributed by atoms with Gasteiger partial charge in [-0.1, -0.05) is 246 Å². The summed E-state index contributed by atoms with van der Waals surface area (Å²) < 4.78 is 16.8. The van der Waals surface area contributed by atoms with Crippen LogP contribution in [-0.4, -0.2) is 37.2 Å². The van der Waals surface area contributed by atoms with Crippen LogP contribution in [0.2, 0.25) is 0 Å². The molecule has 0 bridgehead atoms. The summed E-state index contributed by atoms with van der Waals surface area (Å²) in [5, 5.41) is 0. The van der Waals surface area contributed by atoms with Gasteiger partial charge in [0.2, 0.25) is 0 Å². The lowest BCUT2D eigenvalue weighted by Gasteiger charge is -2.18. The van der Waals surface area contributed by atoms with Gasteiger partial charge in [0.1, 0.15) is 13.2 Å². The highest BCUT2D eigenvalue weighted by Crippen LogP contribution is 2.15. The molecule has 0 radical (unpaired) electrons. The smallest absolute Gasteiger partial charge is 0.306 e. The van der Waals surface area contributed by atoms with Crippen LogP contribution in [0, 0.1) is 0 Å². The number of hydrogen-bond donors (Lipinski definition) is 0. The number of ether oxygens (including phenoxy) is 3. The average molecular weight is 915 g/mol. The lowest BCUT2D eigenvalue weighted by molar-refractivity contribution is -0.167. The van der Waals surface area contributed by atoms with Crippen molar-refractivity contribution >= 4 is 17.9 Å². The summed E-state index contributed by atoms with van der Waals surface area (Å²) in [6.07, 6.45) is 72.1. The van der Waals surface area contributed by atoms with E-state index in [0.717, 1.165) is 116 Å². The lowest BCUT2D eigenvalue weighted by atomic mass is 10.0. The fourth-order valence-corrected chi connectivity index (χ4v) is 7.11. The molecule has 0 aliphatic carbocycles. The zero-order chi connectivity index (χ0) is 47.9. The van der Waals surface area contributed by atoms with Crippen LogP contribution in [0.4, 0.5) is 0 Å². The third-order valence-corrected chi connectivity index (χ3v) is 11.1. The van der Waals surface area contributed by atoms with Crippen LogP contribution >= 0.6 is 0 Å². The van der Waals surface area contributed by atoms with Crippen molar-refractivity contribution in [3.05, 3.63) is 109 Å². The van der Waals surface area contributed by atoms with Crippen LogP contribution in [0.15, 0.2) is 109 Å². The first-order chi connectivity index (χ1) is 32.5. The molecule has 0 heterocycles. The zero-order valence-corrected chi connectivity index (χ0v) is 42.7. The molecule has 6 heteroatoms. The van der Waals surface area contributed by atoms with Gasteiger partial charge >= 0.3 is 17.9 Å². The van der Waals surface area contributed by atoms with Crippen molar-refractivity contribution in [2.24, 2.45) is 0 Å². The Morgan fingerprint density at radius 3 is 1.14 bits per heavy atom. The lowest BCUT2D eigenvalue weighted by Crippen LogP contribution is -2.30. The molecule has 374 valence electrons. The molecule has 1 atom stereocenters. The molecule has 0 aromatic carbocycles. The molecular formula is C60H98O6. The third-order valence-electron chi connectivity index (χ3n) is 11.1. The first-order valence-electron chi connectivity index (χ1n) is 27.0. The Morgan fingerprint density at radius 1 is 0.333 bits per heavy atom. The van der Waals surface area contributed by atoms with Crippen molar-refractivity contribution in [3.8, 4) is 0 Å². The van der Waals surface area contributed by atoms with E-state index in [0.29, 0.717) is 12.8 Å². The van der Waals surface area contributed by atoms with Crippen molar-refractivity contribution in [1.29, 1.82) is 0 Å². The van der Waals surface area contributed by atoms with Gasteiger partial charge in [0.25, 0.3) is 0 Å². The van der Waals surface area contributed by atoms with Crippen LogP contribution in [0.3, 0.4) is 0 Å². The van der Waals surface area contributed by atoms with Gasteiger partial charge < -0.3 is 14.2 Å². The summed E-state index contributed by atoms with van der Waals surface area (Å²) >= 11 is 0. The second kappa shape index (κ2) is 53.7. The minimum atomic E-state index is -0.806. The van der Waals surface area contributed by atoms with Crippen LogP contribution in [0.1, 0.15) is 233 Å². The van der Waals surface area contributed by atoms with E-state index in [2.05, 4.69) is 106 Å². The number of unbranched alkanes of at least 4 members (excludes halogenated alkanes) is 22. The van der Waals surface area contributed by atoms with E-state index in [-0.39, 0.29) is 37.5 Å². The number of allylic oxidation sites excluding steroid dienone is 18. The minimum absolute atomic E-state index is 0.0996. The monoisotopic (exact) mass is 915 g/mol. The van der Waals surface area contributed by atoms with Gasteiger partial charge in [0, 0.05) is 19.3 Å². The SMILES string of the molecule is CC/C=C\C/C=C\C/C=C\C/C=C\CCCCCC(=O)OC(COC(=O)CCCCCCC\C=C/C=C\C=C/C=C\C=C/CCC)COC(=O)CCCCCCCCCCCCCCCC. The molecule has 0 rings (SSSR count). The van der Waals surface area contributed by atoms with Crippen LogP contribution in [0.25, 0.3) is 0 Å². The van der Waals surface area contributed by atoms with Gasteiger partial charge in [-0.15, -0.1) is 0 Å². The third kappa shape index (κ3) is 51.1. The van der Waals surface area contributed by atoms with E-state index in [1.54, 1.807) is 0 Å². The van der Waals surface area contributed by atoms with E-state index in [4.69, 9.17) is 14.2 Å². The second-order valence-corrected chi connectivity index (χ2v) is 17.5. The maximum absolute atomic E-state index is 12.8. The van der Waals surface area contributed by atoms with Crippen LogP contribution < -0.4 is 0 Å². The zero-order valence-electron chi connectivity index (χ0n) is 42.7. The number of rotatable bonds is 47. The summed E-state index contributed by atoms with van der Waals surface area (Å²) in [5.74, 6) is -0.958. The molecule has 66 heavy (non-hydrogen) atoms. The maximum atomic E-state index is 12.8. The highest BCUT2D eigenvalue weighted by molar-refractivity contribution is 5.71. The van der Waals surface area contributed by atoms with Gasteiger partial charge in [-0.3, -0.25) is 14.4 Å². The largest absolute Gasteiger partial charge is 0.462 e. The molecule has 0 aromatic rings. The summed E-state index contributed by atoms with van der Waals surface area (Å²) in [6.45, 7) is 6.39. The molecule has 1 unspecified atom stereocenters. The molecule has 0 aromatic heterocycles. The second-order valence-electron chi connectivity index (χ2n) is 17.5. The molecular weight excluding hydrogens is 817 g/mol. The van der Waals surface area contributed by atoms with E-state index in [1.165, 1.54) is 77.0 Å². The first kappa shape index (κ1) is 62.1. The highest BCUT2D eigenvalue weighted by atomic mass is 16.6. The Kier molecular flexibility index (Phi) is 50.5. The predicted molar refractivity (Wildman–Crippen MR) is 283 cm³/mol. The Balaban J connectivity index is 4.51. The van der Waals surface area contributed by atoms with Gasteiger partial charge in [0.15, 0.2) is 6.10 Å². The quantitative estimate of drug-likeness (QED) is 0.0199. The minimum Gasteiger partial charge on any atom is -0.462 e. The highest BCUT2D eigenvalue weighted by Gasteiger charge is 2.19. The summed E-state index contributed by atoms with van der Waals surface area (Å²) in [7, 11) is 0. The van der Waals surface area contributed by atoms with Gasteiger partial charge in [-0.25, -0.2) is 0 Å². The van der Waals surface area contributed by atoms with E-state index in [1.807, 2.05) is 24.3 Å². The Labute approximate surface area is 406 Å². The molecule has 0 N–H and O–H groups in total. The standard InChI is InChI=1S/C60H98O6/c1-4-7-10-13-16-19-22-25-28-30-31-33-35-38-41-44-47-50-53-59(62)65-56-57(55-64-58(61)52-49-46-43-40-37-34-27-24-21-18-15-12-9-6-3)66-60(63)54-51-48-45-42-39-36-32-29-26-23-20-17-14-11-8-5-2/h8,10-11,13,16-17,19-20,22,25-26,28-31,33,36,39,57H,4-7,9,12,14-15,18,21,23-24,27,32,34-35,37-38,40-56H2,1-3H3/b11-8-,13-10-,19-16-,20-17-,25-22-,29-26-,30-28-,33-31-,39-36-. The van der Waals surface area contributed by atoms with Crippen LogP contribution in [-0.2, 0) is 28.6 Å². The van der Waals surface area contributed by atoms with E-state index >= 15 is 0 Å². The number of carbonyl (C=O) groups excluding carboxylic acids is 3. The van der Waals surface area contributed by atoms with Crippen molar-refractivity contribution in [1.82, 2.24) is 0 Å². The normalized spacial score (nSPS) is 13.0. The van der Waals surface area contributed by atoms with Gasteiger partial charge in [0.05, 0.1) is 0 Å². The predicted octanol–water partition coefficient (Wildman–Crippen LogP) is 17.9. The molecule has 6 nitrogen and oxygen atoms in total. The first-order valence-corrected chi connectivity index (χ1v) is 27.0. The van der Waals surface area contributed by atoms with Crippen LogP contribution in [0.5, 0.6) is 0 Å². The molecule has 0 fully saturated rings. The number of carbonyl (C=O) groups is 3.